The Kier molecular flexibility index (Phi) is 8.19. The first kappa shape index (κ1) is 19.2. The second kappa shape index (κ2) is 10.7. The molecule has 0 aliphatic rings. The van der Waals surface area contributed by atoms with Gasteiger partial charge in [-0.15, -0.1) is 0 Å². The summed E-state index contributed by atoms with van der Waals surface area (Å²) in [5, 5.41) is 2.89. The van der Waals surface area contributed by atoms with E-state index in [0.717, 1.165) is 29.4 Å². The number of aryl methyl sites for hydroxylation is 1. The van der Waals surface area contributed by atoms with E-state index in [1.54, 1.807) is 11.8 Å². The second-order valence-corrected chi connectivity index (χ2v) is 6.68. The normalized spacial score (nSPS) is 10.3. The molecule has 2 rings (SSSR count). The van der Waals surface area contributed by atoms with Crippen molar-refractivity contribution in [3.63, 3.8) is 0 Å². The molecule has 0 spiro atoms. The van der Waals surface area contributed by atoms with Gasteiger partial charge < -0.3 is 14.8 Å². The van der Waals surface area contributed by atoms with Crippen LogP contribution in [0.25, 0.3) is 0 Å². The number of nitrogens with one attached hydrogen (secondary N) is 1. The molecule has 0 aliphatic heterocycles. The Labute approximate surface area is 153 Å². The van der Waals surface area contributed by atoms with Gasteiger partial charge >= 0.3 is 0 Å². The molecule has 0 aliphatic carbocycles. The molecule has 0 atom stereocenters. The molecule has 0 fully saturated rings. The van der Waals surface area contributed by atoms with Crippen LogP contribution in [0.15, 0.2) is 48.5 Å². The number of ether oxygens (including phenoxy) is 2. The minimum atomic E-state index is 0.00797. The average molecular weight is 359 g/mol. The SMILES string of the molecule is CCOc1ccc(NC(=O)CSCCCOc2ccc(C)cc2)cc1. The minimum Gasteiger partial charge on any atom is -0.494 e. The Bertz CT molecular complexity index is 641. The van der Waals surface area contributed by atoms with Gasteiger partial charge in [-0.05, 0) is 62.4 Å². The van der Waals surface area contributed by atoms with Crippen molar-refractivity contribution in [2.24, 2.45) is 0 Å². The van der Waals surface area contributed by atoms with E-state index < -0.39 is 0 Å². The van der Waals surface area contributed by atoms with Crippen LogP contribution in [0.4, 0.5) is 5.69 Å². The van der Waals surface area contributed by atoms with Gasteiger partial charge in [-0.3, -0.25) is 4.79 Å². The van der Waals surface area contributed by atoms with Gasteiger partial charge in [0.25, 0.3) is 0 Å². The Morgan fingerprint density at radius 2 is 1.64 bits per heavy atom. The highest BCUT2D eigenvalue weighted by Crippen LogP contribution is 2.16. The van der Waals surface area contributed by atoms with Crippen LogP contribution in [0.5, 0.6) is 11.5 Å². The van der Waals surface area contributed by atoms with Gasteiger partial charge in [0.2, 0.25) is 5.91 Å². The van der Waals surface area contributed by atoms with Crippen LogP contribution in [0.1, 0.15) is 18.9 Å². The van der Waals surface area contributed by atoms with Crippen molar-refractivity contribution in [3.8, 4) is 11.5 Å². The van der Waals surface area contributed by atoms with Crippen LogP contribution in [0.2, 0.25) is 0 Å². The topological polar surface area (TPSA) is 47.6 Å². The Morgan fingerprint density at radius 1 is 1.00 bits per heavy atom. The number of carbonyl (C=O) groups is 1. The zero-order valence-corrected chi connectivity index (χ0v) is 15.6. The fourth-order valence-corrected chi connectivity index (χ4v) is 2.87. The van der Waals surface area contributed by atoms with E-state index in [9.17, 15) is 4.79 Å². The van der Waals surface area contributed by atoms with E-state index in [1.165, 1.54) is 5.56 Å². The lowest BCUT2D eigenvalue weighted by molar-refractivity contribution is -0.113. The third kappa shape index (κ3) is 7.52. The van der Waals surface area contributed by atoms with Crippen LogP contribution in [0, 0.1) is 6.92 Å². The lowest BCUT2D eigenvalue weighted by atomic mass is 10.2. The maximum absolute atomic E-state index is 11.9. The summed E-state index contributed by atoms with van der Waals surface area (Å²) in [5.41, 5.74) is 2.01. The number of amides is 1. The lowest BCUT2D eigenvalue weighted by Crippen LogP contribution is -2.14. The van der Waals surface area contributed by atoms with Crippen molar-refractivity contribution >= 4 is 23.4 Å². The summed E-state index contributed by atoms with van der Waals surface area (Å²) < 4.78 is 11.0. The number of anilines is 1. The second-order valence-electron chi connectivity index (χ2n) is 5.57. The van der Waals surface area contributed by atoms with Gasteiger partial charge in [0.1, 0.15) is 11.5 Å². The van der Waals surface area contributed by atoms with Gasteiger partial charge in [0.15, 0.2) is 0 Å². The van der Waals surface area contributed by atoms with Crippen molar-refractivity contribution in [1.82, 2.24) is 0 Å². The Hall–Kier alpha value is -2.14. The molecule has 0 saturated heterocycles. The zero-order chi connectivity index (χ0) is 17.9. The molecule has 25 heavy (non-hydrogen) atoms. The molecule has 0 radical (unpaired) electrons. The van der Waals surface area contributed by atoms with Gasteiger partial charge in [-0.1, -0.05) is 17.7 Å². The van der Waals surface area contributed by atoms with Crippen molar-refractivity contribution in [2.75, 3.05) is 30.0 Å². The van der Waals surface area contributed by atoms with Crippen LogP contribution < -0.4 is 14.8 Å². The number of hydrogen-bond acceptors (Lipinski definition) is 4. The highest BCUT2D eigenvalue weighted by atomic mass is 32.2. The van der Waals surface area contributed by atoms with Gasteiger partial charge in [0.05, 0.1) is 19.0 Å². The molecule has 2 aromatic rings. The third-order valence-corrected chi connectivity index (χ3v) is 4.45. The summed E-state index contributed by atoms with van der Waals surface area (Å²) in [5.74, 6) is 3.04. The number of thioether (sulfide) groups is 1. The zero-order valence-electron chi connectivity index (χ0n) is 14.8. The summed E-state index contributed by atoms with van der Waals surface area (Å²) in [6.45, 7) is 5.30. The van der Waals surface area contributed by atoms with Crippen LogP contribution in [-0.4, -0.2) is 30.6 Å². The molecule has 0 heterocycles. The molecule has 5 heteroatoms. The van der Waals surface area contributed by atoms with Crippen molar-refractivity contribution in [3.05, 3.63) is 54.1 Å². The van der Waals surface area contributed by atoms with Crippen LogP contribution in [-0.2, 0) is 4.79 Å². The van der Waals surface area contributed by atoms with Gasteiger partial charge in [-0.2, -0.15) is 11.8 Å². The highest BCUT2D eigenvalue weighted by molar-refractivity contribution is 7.99. The van der Waals surface area contributed by atoms with Crippen LogP contribution >= 0.6 is 11.8 Å². The molecule has 0 saturated carbocycles. The standard InChI is InChI=1S/C20H25NO3S/c1-3-23-18-11-7-17(8-12-18)21-20(22)15-25-14-4-13-24-19-9-5-16(2)6-10-19/h5-12H,3-4,13-15H2,1-2H3,(H,21,22). The molecule has 1 amide bonds. The molecule has 0 bridgehead atoms. The number of rotatable bonds is 10. The van der Waals surface area contributed by atoms with Crippen molar-refractivity contribution in [1.29, 1.82) is 0 Å². The predicted octanol–water partition coefficient (Wildman–Crippen LogP) is 4.53. The fraction of sp³-hybridized carbons (Fsp3) is 0.350. The minimum absolute atomic E-state index is 0.00797. The average Bonchev–Trinajstić information content (AvgIpc) is 2.61. The van der Waals surface area contributed by atoms with E-state index in [0.29, 0.717) is 19.0 Å². The monoisotopic (exact) mass is 359 g/mol. The molecular weight excluding hydrogens is 334 g/mol. The summed E-state index contributed by atoms with van der Waals surface area (Å²) >= 11 is 1.61. The smallest absolute Gasteiger partial charge is 0.234 e. The van der Waals surface area contributed by atoms with Crippen molar-refractivity contribution in [2.45, 2.75) is 20.3 Å². The number of benzene rings is 2. The van der Waals surface area contributed by atoms with Gasteiger partial charge in [-0.25, -0.2) is 0 Å². The van der Waals surface area contributed by atoms with E-state index in [-0.39, 0.29) is 5.91 Å². The molecule has 0 unspecified atom stereocenters. The highest BCUT2D eigenvalue weighted by Gasteiger charge is 2.03. The quantitative estimate of drug-likeness (QED) is 0.633. The summed E-state index contributed by atoms with van der Waals surface area (Å²) in [6, 6.07) is 15.4. The Morgan fingerprint density at radius 3 is 2.32 bits per heavy atom. The summed E-state index contributed by atoms with van der Waals surface area (Å²) in [4.78, 5) is 11.9. The molecule has 134 valence electrons. The lowest BCUT2D eigenvalue weighted by Gasteiger charge is -2.08. The fourth-order valence-electron chi connectivity index (χ4n) is 2.15. The molecular formula is C20H25NO3S. The maximum Gasteiger partial charge on any atom is 0.234 e. The Balaban J connectivity index is 1.56. The van der Waals surface area contributed by atoms with E-state index >= 15 is 0 Å². The summed E-state index contributed by atoms with van der Waals surface area (Å²) in [7, 11) is 0. The van der Waals surface area contributed by atoms with E-state index in [1.807, 2.05) is 55.5 Å². The first-order valence-corrected chi connectivity index (χ1v) is 9.63. The largest absolute Gasteiger partial charge is 0.494 e. The molecule has 0 aromatic heterocycles. The third-order valence-electron chi connectivity index (χ3n) is 3.40. The van der Waals surface area contributed by atoms with E-state index in [4.69, 9.17) is 9.47 Å². The molecule has 4 nitrogen and oxygen atoms in total. The number of hydrogen-bond donors (Lipinski definition) is 1. The first-order valence-electron chi connectivity index (χ1n) is 8.47. The van der Waals surface area contributed by atoms with Gasteiger partial charge in [0, 0.05) is 5.69 Å². The van der Waals surface area contributed by atoms with E-state index in [2.05, 4.69) is 12.2 Å². The van der Waals surface area contributed by atoms with Crippen molar-refractivity contribution < 1.29 is 14.3 Å². The molecule has 2 aromatic carbocycles. The summed E-state index contributed by atoms with van der Waals surface area (Å²) in [6.07, 6.45) is 0.912. The predicted molar refractivity (Wildman–Crippen MR) is 105 cm³/mol. The maximum atomic E-state index is 11.9. The molecule has 1 N–H and O–H groups in total. The first-order chi connectivity index (χ1) is 12.2. The van der Waals surface area contributed by atoms with Crippen LogP contribution in [0.3, 0.4) is 0 Å². The number of carbonyl (C=O) groups excluding carboxylic acids is 1.